The summed E-state index contributed by atoms with van der Waals surface area (Å²) >= 11 is 8.37. The van der Waals surface area contributed by atoms with Crippen LogP contribution < -0.4 is 10.6 Å². The Kier molecular flexibility index (Phi) is 6.23. The Balaban J connectivity index is 1.45. The second-order valence-electron chi connectivity index (χ2n) is 9.73. The maximum atomic E-state index is 10.3. The molecular weight excluding hydrogens is 454 g/mol. The number of hydrogen-bond donors (Lipinski definition) is 3. The van der Waals surface area contributed by atoms with Crippen LogP contribution in [0.15, 0.2) is 24.3 Å². The van der Waals surface area contributed by atoms with Gasteiger partial charge < -0.3 is 15.7 Å². The maximum absolute atomic E-state index is 10.3. The lowest BCUT2D eigenvalue weighted by Crippen LogP contribution is -2.31. The predicted molar refractivity (Wildman–Crippen MR) is 137 cm³/mol. The number of rotatable bonds is 9. The molecule has 6 nitrogen and oxygen atoms in total. The first-order valence-corrected chi connectivity index (χ1v) is 13.2. The third-order valence-electron chi connectivity index (χ3n) is 7.81. The van der Waals surface area contributed by atoms with E-state index in [1.54, 1.807) is 11.3 Å². The van der Waals surface area contributed by atoms with Gasteiger partial charge in [0.15, 0.2) is 0 Å². The lowest BCUT2D eigenvalue weighted by atomic mass is 9.90. The van der Waals surface area contributed by atoms with E-state index in [0.717, 1.165) is 46.0 Å². The summed E-state index contributed by atoms with van der Waals surface area (Å²) in [5.74, 6) is 1.96. The number of unbranched alkanes of at least 4 members (excludes halogenated alkanes) is 3. The molecule has 0 spiro atoms. The number of nitrogens with one attached hydrogen (secondary N) is 2. The molecule has 8 heteroatoms. The van der Waals surface area contributed by atoms with E-state index in [1.165, 1.54) is 19.3 Å². The number of fused-ring (bicyclic) bond motifs is 2. The first-order chi connectivity index (χ1) is 15.9. The maximum Gasteiger partial charge on any atom is 0.226 e. The van der Waals surface area contributed by atoms with Crippen LogP contribution in [0.5, 0.6) is 0 Å². The Morgan fingerprint density at radius 3 is 2.73 bits per heavy atom. The van der Waals surface area contributed by atoms with Gasteiger partial charge >= 0.3 is 0 Å². The molecule has 0 radical (unpaired) electrons. The zero-order chi connectivity index (χ0) is 23.2. The minimum absolute atomic E-state index is 0.00905. The molecule has 5 atom stereocenters. The van der Waals surface area contributed by atoms with Crippen LogP contribution in [-0.2, 0) is 0 Å². The van der Waals surface area contributed by atoms with Crippen molar-refractivity contribution in [2.75, 3.05) is 17.2 Å². The van der Waals surface area contributed by atoms with Gasteiger partial charge in [-0.2, -0.15) is 4.98 Å². The van der Waals surface area contributed by atoms with Gasteiger partial charge in [-0.05, 0) is 36.8 Å². The smallest absolute Gasteiger partial charge is 0.226 e. The van der Waals surface area contributed by atoms with E-state index in [2.05, 4.69) is 42.5 Å². The van der Waals surface area contributed by atoms with Crippen molar-refractivity contribution in [3.63, 3.8) is 0 Å². The summed E-state index contributed by atoms with van der Waals surface area (Å²) in [4.78, 5) is 14.3. The van der Waals surface area contributed by atoms with E-state index < -0.39 is 0 Å². The minimum Gasteiger partial charge on any atom is -0.392 e. The van der Waals surface area contributed by atoms with Gasteiger partial charge in [0.05, 0.1) is 21.9 Å². The number of aromatic nitrogens is 3. The fourth-order valence-corrected chi connectivity index (χ4v) is 6.72. The molecule has 176 valence electrons. The first kappa shape index (κ1) is 22.8. The highest BCUT2D eigenvalue weighted by atomic mass is 35.5. The summed E-state index contributed by atoms with van der Waals surface area (Å²) in [5.41, 5.74) is 1.70. The molecule has 0 amide bonds. The molecular formula is C25H32ClN5OS. The van der Waals surface area contributed by atoms with Crippen molar-refractivity contribution in [1.82, 2.24) is 15.0 Å². The van der Waals surface area contributed by atoms with Gasteiger partial charge in [-0.25, -0.2) is 9.97 Å². The molecule has 2 fully saturated rings. The van der Waals surface area contributed by atoms with E-state index in [4.69, 9.17) is 21.6 Å². The fraction of sp³-hybridized carbons (Fsp3) is 0.560. The number of anilines is 2. The Bertz CT molecular complexity index is 1120. The van der Waals surface area contributed by atoms with E-state index in [1.807, 2.05) is 18.2 Å². The zero-order valence-electron chi connectivity index (χ0n) is 19.4. The quantitative estimate of drug-likeness (QED) is 0.246. The number of benzene rings is 1. The summed E-state index contributed by atoms with van der Waals surface area (Å²) in [6.45, 7) is 7.45. The van der Waals surface area contributed by atoms with Crippen LogP contribution in [0.4, 0.5) is 11.8 Å². The van der Waals surface area contributed by atoms with Crippen LogP contribution in [0.1, 0.15) is 52.9 Å². The minimum atomic E-state index is -0.191. The van der Waals surface area contributed by atoms with Gasteiger partial charge in [0.2, 0.25) is 5.95 Å². The largest absolute Gasteiger partial charge is 0.392 e. The number of para-hydroxylation sites is 1. The molecule has 5 unspecified atom stereocenters. The summed E-state index contributed by atoms with van der Waals surface area (Å²) in [5, 5.41) is 18.6. The van der Waals surface area contributed by atoms with E-state index in [-0.39, 0.29) is 17.6 Å². The zero-order valence-corrected chi connectivity index (χ0v) is 21.0. The number of halogens is 1. The molecule has 3 N–H and O–H groups in total. The Morgan fingerprint density at radius 2 is 2.00 bits per heavy atom. The summed E-state index contributed by atoms with van der Waals surface area (Å²) in [6.07, 6.45) is 5.45. The highest BCUT2D eigenvalue weighted by Crippen LogP contribution is 2.66. The van der Waals surface area contributed by atoms with Crippen LogP contribution in [0, 0.1) is 17.3 Å². The van der Waals surface area contributed by atoms with Crippen LogP contribution in [0.25, 0.3) is 20.8 Å². The average Bonchev–Trinajstić information content (AvgIpc) is 3.08. The first-order valence-electron chi connectivity index (χ1n) is 12.1. The topological polar surface area (TPSA) is 83.0 Å². The molecule has 3 aromatic rings. The van der Waals surface area contributed by atoms with Crippen molar-refractivity contribution >= 4 is 44.9 Å². The van der Waals surface area contributed by atoms with Crippen LogP contribution in [0.3, 0.4) is 0 Å². The molecule has 2 aliphatic rings. The lowest BCUT2D eigenvalue weighted by molar-refractivity contribution is 0.175. The highest BCUT2D eigenvalue weighted by Gasteiger charge is 2.69. The molecule has 2 aromatic heterocycles. The van der Waals surface area contributed by atoms with Gasteiger partial charge in [-0.3, -0.25) is 0 Å². The number of hydrogen-bond acceptors (Lipinski definition) is 7. The van der Waals surface area contributed by atoms with Gasteiger partial charge in [0.25, 0.3) is 0 Å². The Hall–Kier alpha value is -1.96. The standard InChI is InChI=1S/C25H32ClN5OS/c1-4-5-6-9-12-27-24-30-21(26)19(23-29-16-10-7-8-11-18(16)33-23)22(31-24)28-17-13-15-20(32)25(15,3)14(17)2/h7-8,10-11,14-15,17,20,32H,4-6,9,12-13H2,1-3H3,(H2,27,28,30,31). The second kappa shape index (κ2) is 9.01. The molecule has 0 saturated heterocycles. The molecule has 2 saturated carbocycles. The average molecular weight is 486 g/mol. The van der Waals surface area contributed by atoms with Crippen LogP contribution in [-0.4, -0.2) is 38.7 Å². The van der Waals surface area contributed by atoms with Gasteiger partial charge in [-0.1, -0.05) is 63.8 Å². The highest BCUT2D eigenvalue weighted by molar-refractivity contribution is 7.21. The van der Waals surface area contributed by atoms with E-state index in [9.17, 15) is 5.11 Å². The van der Waals surface area contributed by atoms with E-state index >= 15 is 0 Å². The van der Waals surface area contributed by atoms with Gasteiger partial charge in [-0.15, -0.1) is 11.3 Å². The third-order valence-corrected chi connectivity index (χ3v) is 9.14. The Morgan fingerprint density at radius 1 is 1.18 bits per heavy atom. The molecule has 5 rings (SSSR count). The third kappa shape index (κ3) is 4.08. The van der Waals surface area contributed by atoms with Crippen LogP contribution >= 0.6 is 22.9 Å². The van der Waals surface area contributed by atoms with Gasteiger partial charge in [0, 0.05) is 18.0 Å². The number of thiazole rings is 1. The normalized spacial score (nSPS) is 28.2. The lowest BCUT2D eigenvalue weighted by Gasteiger charge is -2.26. The molecule has 33 heavy (non-hydrogen) atoms. The SMILES string of the molecule is CCCCCCNc1nc(Cl)c(-c2nc3ccccc3s2)c(NC2CC3C(O)C3(C)C2C)n1. The van der Waals surface area contributed by atoms with Crippen molar-refractivity contribution in [1.29, 1.82) is 0 Å². The number of aliphatic hydroxyl groups excluding tert-OH is 1. The Labute approximate surface area is 204 Å². The number of aliphatic hydroxyl groups is 1. The van der Waals surface area contributed by atoms with Crippen molar-refractivity contribution in [2.45, 2.75) is 65.0 Å². The molecule has 2 heterocycles. The molecule has 0 bridgehead atoms. The number of nitrogens with zero attached hydrogens (tertiary/aromatic N) is 3. The van der Waals surface area contributed by atoms with E-state index in [0.29, 0.717) is 22.9 Å². The van der Waals surface area contributed by atoms with Crippen molar-refractivity contribution < 1.29 is 5.11 Å². The van der Waals surface area contributed by atoms with Crippen molar-refractivity contribution in [3.8, 4) is 10.6 Å². The second-order valence-corrected chi connectivity index (χ2v) is 11.1. The summed E-state index contributed by atoms with van der Waals surface area (Å²) in [7, 11) is 0. The molecule has 2 aliphatic carbocycles. The predicted octanol–water partition coefficient (Wildman–Crippen LogP) is 6.22. The van der Waals surface area contributed by atoms with Crippen molar-refractivity contribution in [3.05, 3.63) is 29.4 Å². The van der Waals surface area contributed by atoms with Crippen molar-refractivity contribution in [2.24, 2.45) is 17.3 Å². The van der Waals surface area contributed by atoms with Crippen LogP contribution in [0.2, 0.25) is 5.15 Å². The monoisotopic (exact) mass is 485 g/mol. The molecule has 1 aromatic carbocycles. The molecule has 0 aliphatic heterocycles. The fourth-order valence-electron chi connectivity index (χ4n) is 5.40. The summed E-state index contributed by atoms with van der Waals surface area (Å²) in [6, 6.07) is 8.32. The summed E-state index contributed by atoms with van der Waals surface area (Å²) < 4.78 is 1.11. The van der Waals surface area contributed by atoms with Gasteiger partial charge in [0.1, 0.15) is 16.0 Å².